The normalized spacial score (nSPS) is 23.0. The van der Waals surface area contributed by atoms with Crippen molar-refractivity contribution in [3.8, 4) is 0 Å². The van der Waals surface area contributed by atoms with Crippen LogP contribution in [0.2, 0.25) is 0 Å². The monoisotopic (exact) mass is 310 g/mol. The molecule has 0 aromatic heterocycles. The van der Waals surface area contributed by atoms with E-state index in [1.54, 1.807) is 0 Å². The number of aryl methyl sites for hydroxylation is 1. The number of halogens is 2. The lowest BCUT2D eigenvalue weighted by Gasteiger charge is -2.41. The highest BCUT2D eigenvalue weighted by Gasteiger charge is 2.34. The smallest absolute Gasteiger partial charge is 0.173 e. The Bertz CT molecular complexity index is 423. The van der Waals surface area contributed by atoms with Crippen LogP contribution in [0, 0.1) is 0 Å². The van der Waals surface area contributed by atoms with Crippen molar-refractivity contribution in [1.82, 2.24) is 4.90 Å². The Labute approximate surface area is 133 Å². The van der Waals surface area contributed by atoms with Crippen LogP contribution in [0.5, 0.6) is 0 Å². The number of benzene rings is 1. The predicted octanol–water partition coefficient (Wildman–Crippen LogP) is 4.54. The number of alkyl halides is 2. The topological polar surface area (TPSA) is 6.48 Å². The first-order chi connectivity index (χ1) is 10.7. The highest BCUT2D eigenvalue weighted by Crippen LogP contribution is 2.25. The maximum absolute atomic E-state index is 14.2. The van der Waals surface area contributed by atoms with Gasteiger partial charge in [-0.3, -0.25) is 0 Å². The Hall–Kier alpha value is -1.16. The molecular formula is C18H28F2N2. The maximum Gasteiger partial charge on any atom is 0.173 e. The molecule has 0 aliphatic carbocycles. The molecule has 2 rings (SSSR count). The van der Waals surface area contributed by atoms with Crippen molar-refractivity contribution < 1.29 is 8.78 Å². The number of hydrogen-bond acceptors (Lipinski definition) is 2. The second kappa shape index (κ2) is 8.47. The molecule has 1 fully saturated rings. The molecule has 1 saturated heterocycles. The van der Waals surface area contributed by atoms with E-state index in [1.807, 2.05) is 24.0 Å². The number of hydrogen-bond donors (Lipinski definition) is 0. The molecule has 0 saturated carbocycles. The van der Waals surface area contributed by atoms with Crippen molar-refractivity contribution in [1.29, 1.82) is 0 Å². The Balaban J connectivity index is 1.96. The third-order valence-electron chi connectivity index (χ3n) is 4.35. The molecule has 1 aliphatic rings. The van der Waals surface area contributed by atoms with Crippen molar-refractivity contribution >= 4 is 5.69 Å². The van der Waals surface area contributed by atoms with Crippen molar-refractivity contribution in [3.05, 3.63) is 29.8 Å². The summed E-state index contributed by atoms with van der Waals surface area (Å²) in [6.45, 7) is 5.21. The van der Waals surface area contributed by atoms with Gasteiger partial charge in [-0.15, -0.1) is 0 Å². The molecular weight excluding hydrogens is 282 g/mol. The fraction of sp³-hybridized carbons (Fsp3) is 0.667. The minimum absolute atomic E-state index is 0.248. The van der Waals surface area contributed by atoms with E-state index < -0.39 is 12.6 Å². The first-order valence-corrected chi connectivity index (χ1v) is 8.53. The van der Waals surface area contributed by atoms with E-state index in [9.17, 15) is 8.78 Å². The minimum Gasteiger partial charge on any atom is -0.363 e. The fourth-order valence-electron chi connectivity index (χ4n) is 2.91. The molecule has 0 N–H and O–H groups in total. The van der Waals surface area contributed by atoms with Gasteiger partial charge in [0.25, 0.3) is 0 Å². The molecule has 0 bridgehead atoms. The molecule has 1 aromatic carbocycles. The number of anilines is 1. The molecule has 124 valence electrons. The Morgan fingerprint density at radius 1 is 0.955 bits per heavy atom. The first kappa shape index (κ1) is 17.2. The lowest BCUT2D eigenvalue weighted by Crippen LogP contribution is -2.55. The van der Waals surface area contributed by atoms with Crippen molar-refractivity contribution in [2.45, 2.75) is 58.5 Å². The summed E-state index contributed by atoms with van der Waals surface area (Å²) < 4.78 is 28.5. The van der Waals surface area contributed by atoms with Crippen LogP contribution in [0.15, 0.2) is 24.3 Å². The number of piperazine rings is 1. The molecule has 0 amide bonds. The van der Waals surface area contributed by atoms with Gasteiger partial charge in [-0.25, -0.2) is 13.7 Å². The van der Waals surface area contributed by atoms with Gasteiger partial charge in [0.2, 0.25) is 0 Å². The van der Waals surface area contributed by atoms with Crippen LogP contribution in [-0.4, -0.2) is 37.1 Å². The largest absolute Gasteiger partial charge is 0.363 e. The second-order valence-corrected chi connectivity index (χ2v) is 6.14. The van der Waals surface area contributed by atoms with E-state index in [0.717, 1.165) is 24.9 Å². The van der Waals surface area contributed by atoms with E-state index in [4.69, 9.17) is 0 Å². The van der Waals surface area contributed by atoms with Crippen molar-refractivity contribution in [2.24, 2.45) is 0 Å². The fourth-order valence-corrected chi connectivity index (χ4v) is 2.91. The quantitative estimate of drug-likeness (QED) is 0.682. The lowest BCUT2D eigenvalue weighted by atomic mass is 10.1. The van der Waals surface area contributed by atoms with Crippen molar-refractivity contribution in [3.63, 3.8) is 0 Å². The molecule has 1 aliphatic heterocycles. The van der Waals surface area contributed by atoms with Gasteiger partial charge in [0.05, 0.1) is 13.1 Å². The summed E-state index contributed by atoms with van der Waals surface area (Å²) in [4.78, 5) is 3.18. The highest BCUT2D eigenvalue weighted by atomic mass is 19.2. The molecule has 2 nitrogen and oxygen atoms in total. The summed E-state index contributed by atoms with van der Waals surface area (Å²) in [6, 6.07) is 8.14. The van der Waals surface area contributed by atoms with E-state index >= 15 is 0 Å². The predicted molar refractivity (Wildman–Crippen MR) is 88.7 cm³/mol. The molecule has 2 unspecified atom stereocenters. The third kappa shape index (κ3) is 4.42. The zero-order chi connectivity index (χ0) is 15.9. The maximum atomic E-state index is 14.2. The summed E-state index contributed by atoms with van der Waals surface area (Å²) in [5.74, 6) is 0. The average molecular weight is 310 g/mol. The molecule has 1 aromatic rings. The minimum atomic E-state index is -1.23. The van der Waals surface area contributed by atoms with E-state index in [1.165, 1.54) is 23.3 Å². The van der Waals surface area contributed by atoms with Crippen LogP contribution >= 0.6 is 0 Å². The summed E-state index contributed by atoms with van der Waals surface area (Å²) in [6.07, 6.45) is 2.76. The van der Waals surface area contributed by atoms with Gasteiger partial charge < -0.3 is 4.90 Å². The summed E-state index contributed by atoms with van der Waals surface area (Å²) >= 11 is 0. The van der Waals surface area contributed by atoms with E-state index in [0.29, 0.717) is 6.54 Å². The molecule has 2 atom stereocenters. The van der Waals surface area contributed by atoms with Crippen LogP contribution in [0.1, 0.15) is 45.1 Å². The van der Waals surface area contributed by atoms with E-state index in [2.05, 4.69) is 19.1 Å². The summed E-state index contributed by atoms with van der Waals surface area (Å²) in [5, 5.41) is 0. The summed E-state index contributed by atoms with van der Waals surface area (Å²) in [5.41, 5.74) is 2.21. The zero-order valence-corrected chi connectivity index (χ0v) is 13.8. The Morgan fingerprint density at radius 2 is 1.55 bits per heavy atom. The van der Waals surface area contributed by atoms with Gasteiger partial charge in [-0.05, 0) is 37.0 Å². The van der Waals surface area contributed by atoms with Gasteiger partial charge in [0.1, 0.15) is 0 Å². The van der Waals surface area contributed by atoms with Crippen LogP contribution in [0.4, 0.5) is 14.5 Å². The highest BCUT2D eigenvalue weighted by molar-refractivity contribution is 5.48. The zero-order valence-electron chi connectivity index (χ0n) is 13.8. The summed E-state index contributed by atoms with van der Waals surface area (Å²) in [7, 11) is 0. The molecule has 0 spiro atoms. The van der Waals surface area contributed by atoms with Gasteiger partial charge in [-0.1, -0.05) is 38.8 Å². The molecule has 0 radical (unpaired) electrons. The van der Waals surface area contributed by atoms with Gasteiger partial charge in [0.15, 0.2) is 12.6 Å². The molecule has 22 heavy (non-hydrogen) atoms. The van der Waals surface area contributed by atoms with Crippen LogP contribution in [-0.2, 0) is 6.42 Å². The number of nitrogens with zero attached hydrogens (tertiary/aromatic N) is 2. The van der Waals surface area contributed by atoms with Gasteiger partial charge in [0, 0.05) is 12.2 Å². The number of rotatable bonds is 7. The first-order valence-electron chi connectivity index (χ1n) is 8.53. The van der Waals surface area contributed by atoms with Gasteiger partial charge in [-0.2, -0.15) is 0 Å². The average Bonchev–Trinajstić information content (AvgIpc) is 2.52. The van der Waals surface area contributed by atoms with Crippen molar-refractivity contribution in [2.75, 3.05) is 24.5 Å². The van der Waals surface area contributed by atoms with Crippen LogP contribution in [0.25, 0.3) is 0 Å². The number of unbranched alkanes of at least 4 members (excludes halogenated alkanes) is 2. The molecule has 1 heterocycles. The Morgan fingerprint density at radius 3 is 2.09 bits per heavy atom. The van der Waals surface area contributed by atoms with Crippen LogP contribution < -0.4 is 4.90 Å². The Kier molecular flexibility index (Phi) is 6.62. The van der Waals surface area contributed by atoms with E-state index in [-0.39, 0.29) is 13.1 Å². The van der Waals surface area contributed by atoms with Gasteiger partial charge >= 0.3 is 0 Å². The molecule has 4 heteroatoms. The third-order valence-corrected chi connectivity index (χ3v) is 4.35. The standard InChI is InChI=1S/C18H28F2N2/c1-3-5-7-15-8-10-16(11-9-15)21-13-17(19)22(12-6-4-2)18(20)14-21/h8-11,17-18H,3-7,12-14H2,1-2H3. The van der Waals surface area contributed by atoms with Crippen LogP contribution in [0.3, 0.4) is 0 Å². The lowest BCUT2D eigenvalue weighted by molar-refractivity contribution is -0.0318. The second-order valence-electron chi connectivity index (χ2n) is 6.14. The SMILES string of the molecule is CCCCc1ccc(N2CC(F)N(CCCC)C(F)C2)cc1.